The van der Waals surface area contributed by atoms with Crippen molar-refractivity contribution in [1.29, 1.82) is 0 Å². The number of methoxy groups -OCH3 is 1. The van der Waals surface area contributed by atoms with E-state index in [0.29, 0.717) is 23.1 Å². The molecule has 1 aromatic heterocycles. The van der Waals surface area contributed by atoms with Crippen LogP contribution in [0.4, 0.5) is 0 Å². The van der Waals surface area contributed by atoms with E-state index in [1.54, 1.807) is 36.3 Å². The maximum atomic E-state index is 12.2. The Balaban J connectivity index is 1.77. The molecule has 3 rings (SSSR count). The van der Waals surface area contributed by atoms with E-state index in [1.165, 1.54) is 6.08 Å². The predicted octanol–water partition coefficient (Wildman–Crippen LogP) is 3.88. The van der Waals surface area contributed by atoms with E-state index in [4.69, 9.17) is 21.1 Å². The van der Waals surface area contributed by atoms with Crippen LogP contribution in [-0.4, -0.2) is 29.3 Å². The molecule has 0 saturated carbocycles. The fraction of sp³-hybridized carbons (Fsp3) is 0.158. The van der Waals surface area contributed by atoms with Gasteiger partial charge in [-0.3, -0.25) is 10.2 Å². The van der Waals surface area contributed by atoms with E-state index in [2.05, 4.69) is 10.4 Å². The maximum Gasteiger partial charge on any atom is 0.262 e. The van der Waals surface area contributed by atoms with E-state index in [0.717, 1.165) is 16.6 Å². The molecular formula is C19H18ClN3O3. The van der Waals surface area contributed by atoms with Crippen LogP contribution in [0.2, 0.25) is 5.02 Å². The van der Waals surface area contributed by atoms with Crippen molar-refractivity contribution in [3.8, 4) is 11.5 Å². The number of nitrogens with one attached hydrogen (secondary N) is 1. The Hall–Kier alpha value is -2.99. The molecule has 0 saturated heterocycles. The lowest BCUT2D eigenvalue weighted by Crippen LogP contribution is -2.19. The number of amides is 1. The van der Waals surface area contributed by atoms with Crippen molar-refractivity contribution in [3.05, 3.63) is 59.4 Å². The molecule has 0 aliphatic heterocycles. The summed E-state index contributed by atoms with van der Waals surface area (Å²) >= 11 is 6.24. The van der Waals surface area contributed by atoms with Crippen molar-refractivity contribution in [2.24, 2.45) is 0 Å². The van der Waals surface area contributed by atoms with Gasteiger partial charge in [-0.05, 0) is 42.8 Å². The number of fused-ring (bicyclic) bond motifs is 1. The number of hydrogen-bond acceptors (Lipinski definition) is 4. The largest absolute Gasteiger partial charge is 0.493 e. The smallest absolute Gasteiger partial charge is 0.262 e. The summed E-state index contributed by atoms with van der Waals surface area (Å²) in [6.45, 7) is 2.35. The van der Waals surface area contributed by atoms with E-state index in [-0.39, 0.29) is 5.91 Å². The minimum absolute atomic E-state index is 0.294. The Kier molecular flexibility index (Phi) is 5.43. The number of nitrogens with zero attached hydrogens (tertiary/aromatic N) is 2. The highest BCUT2D eigenvalue weighted by Crippen LogP contribution is 2.36. The Morgan fingerprint density at radius 1 is 1.35 bits per heavy atom. The van der Waals surface area contributed by atoms with Crippen molar-refractivity contribution in [2.45, 2.75) is 6.92 Å². The number of imidazole rings is 1. The molecule has 134 valence electrons. The average molecular weight is 372 g/mol. The summed E-state index contributed by atoms with van der Waals surface area (Å²) in [5.41, 5.74) is 5.10. The van der Waals surface area contributed by atoms with Gasteiger partial charge in [-0.1, -0.05) is 23.7 Å². The number of ether oxygens (including phenoxy) is 2. The lowest BCUT2D eigenvalue weighted by Gasteiger charge is -2.11. The maximum absolute atomic E-state index is 12.2. The zero-order chi connectivity index (χ0) is 18.5. The van der Waals surface area contributed by atoms with E-state index < -0.39 is 0 Å². The van der Waals surface area contributed by atoms with Crippen LogP contribution in [0.5, 0.6) is 11.5 Å². The SMILES string of the molecule is CCOc1c(Cl)cc(/C=C/C(=O)Nn2cnc3ccccc32)cc1OC. The summed E-state index contributed by atoms with van der Waals surface area (Å²) in [7, 11) is 1.54. The van der Waals surface area contributed by atoms with Crippen molar-refractivity contribution in [2.75, 3.05) is 19.1 Å². The van der Waals surface area contributed by atoms with Crippen molar-refractivity contribution >= 4 is 34.6 Å². The highest BCUT2D eigenvalue weighted by atomic mass is 35.5. The predicted molar refractivity (Wildman–Crippen MR) is 102 cm³/mol. The second kappa shape index (κ2) is 7.93. The van der Waals surface area contributed by atoms with Crippen LogP contribution >= 0.6 is 11.6 Å². The van der Waals surface area contributed by atoms with Gasteiger partial charge < -0.3 is 9.47 Å². The Bertz CT molecular complexity index is 966. The number of rotatable bonds is 6. The van der Waals surface area contributed by atoms with E-state index >= 15 is 0 Å². The van der Waals surface area contributed by atoms with E-state index in [9.17, 15) is 4.79 Å². The molecule has 2 aromatic carbocycles. The fourth-order valence-electron chi connectivity index (χ4n) is 2.50. The first-order valence-corrected chi connectivity index (χ1v) is 8.41. The van der Waals surface area contributed by atoms with Crippen LogP contribution < -0.4 is 14.9 Å². The molecular weight excluding hydrogens is 354 g/mol. The zero-order valence-electron chi connectivity index (χ0n) is 14.4. The molecule has 0 spiro atoms. The average Bonchev–Trinajstić information content (AvgIpc) is 3.05. The Morgan fingerprint density at radius 2 is 2.15 bits per heavy atom. The minimum Gasteiger partial charge on any atom is -0.493 e. The molecule has 26 heavy (non-hydrogen) atoms. The van der Waals surface area contributed by atoms with Gasteiger partial charge >= 0.3 is 0 Å². The molecule has 7 heteroatoms. The fourth-order valence-corrected chi connectivity index (χ4v) is 2.77. The lowest BCUT2D eigenvalue weighted by molar-refractivity contribution is -0.112. The monoisotopic (exact) mass is 371 g/mol. The van der Waals surface area contributed by atoms with Crippen LogP contribution in [-0.2, 0) is 4.79 Å². The molecule has 0 bridgehead atoms. The molecule has 0 atom stereocenters. The highest BCUT2D eigenvalue weighted by Gasteiger charge is 2.11. The first-order chi connectivity index (χ1) is 12.6. The molecule has 1 N–H and O–H groups in total. The van der Waals surface area contributed by atoms with Gasteiger partial charge in [-0.25, -0.2) is 9.66 Å². The zero-order valence-corrected chi connectivity index (χ0v) is 15.2. The normalized spacial score (nSPS) is 11.0. The standard InChI is InChI=1S/C19H18ClN3O3/c1-3-26-19-14(20)10-13(11-17(19)25-2)8-9-18(24)22-23-12-21-15-6-4-5-7-16(15)23/h4-12H,3H2,1-2H3,(H,22,24)/b9-8+. The van der Waals surface area contributed by atoms with Crippen LogP contribution in [0.1, 0.15) is 12.5 Å². The first kappa shape index (κ1) is 17.8. The van der Waals surface area contributed by atoms with Crippen molar-refractivity contribution in [1.82, 2.24) is 9.66 Å². The number of hydrogen-bond donors (Lipinski definition) is 1. The molecule has 0 unspecified atom stereocenters. The summed E-state index contributed by atoms with van der Waals surface area (Å²) in [5.74, 6) is 0.709. The van der Waals surface area contributed by atoms with Gasteiger partial charge in [0.25, 0.3) is 5.91 Å². The minimum atomic E-state index is -0.294. The number of halogens is 1. The number of carbonyl (C=O) groups is 1. The topological polar surface area (TPSA) is 65.4 Å². The Labute approximate surface area is 156 Å². The molecule has 3 aromatic rings. The highest BCUT2D eigenvalue weighted by molar-refractivity contribution is 6.32. The van der Waals surface area contributed by atoms with E-state index in [1.807, 2.05) is 31.2 Å². The molecule has 1 amide bonds. The molecule has 1 heterocycles. The van der Waals surface area contributed by atoms with Gasteiger partial charge in [-0.2, -0.15) is 0 Å². The number of para-hydroxylation sites is 2. The molecule has 6 nitrogen and oxygen atoms in total. The van der Waals surface area contributed by atoms with Crippen molar-refractivity contribution < 1.29 is 14.3 Å². The second-order valence-corrected chi connectivity index (χ2v) is 5.79. The number of aromatic nitrogens is 2. The van der Waals surface area contributed by atoms with Crippen LogP contribution in [0.3, 0.4) is 0 Å². The second-order valence-electron chi connectivity index (χ2n) is 5.38. The molecule has 0 fully saturated rings. The summed E-state index contributed by atoms with van der Waals surface area (Å²) in [5, 5.41) is 0.423. The molecule has 0 radical (unpaired) electrons. The lowest BCUT2D eigenvalue weighted by atomic mass is 10.2. The summed E-state index contributed by atoms with van der Waals surface area (Å²) in [6, 6.07) is 11.0. The first-order valence-electron chi connectivity index (χ1n) is 8.04. The van der Waals surface area contributed by atoms with Gasteiger partial charge in [0, 0.05) is 6.08 Å². The third kappa shape index (κ3) is 3.81. The van der Waals surface area contributed by atoms with Gasteiger partial charge in [0.1, 0.15) is 6.33 Å². The third-order valence-corrected chi connectivity index (χ3v) is 3.93. The van der Waals surface area contributed by atoms with Crippen LogP contribution in [0.15, 0.2) is 48.8 Å². The molecule has 0 aliphatic carbocycles. The van der Waals surface area contributed by atoms with Gasteiger partial charge in [-0.15, -0.1) is 0 Å². The quantitative estimate of drug-likeness (QED) is 0.668. The third-order valence-electron chi connectivity index (χ3n) is 3.65. The summed E-state index contributed by atoms with van der Waals surface area (Å²) < 4.78 is 12.4. The van der Waals surface area contributed by atoms with Gasteiger partial charge in [0.15, 0.2) is 11.5 Å². The number of carbonyl (C=O) groups excluding carboxylic acids is 1. The Morgan fingerprint density at radius 3 is 2.92 bits per heavy atom. The van der Waals surface area contributed by atoms with Gasteiger partial charge in [0.05, 0.1) is 29.8 Å². The molecule has 0 aliphatic rings. The van der Waals surface area contributed by atoms with Crippen LogP contribution in [0.25, 0.3) is 17.1 Å². The van der Waals surface area contributed by atoms with Crippen LogP contribution in [0, 0.1) is 0 Å². The number of benzene rings is 2. The summed E-state index contributed by atoms with van der Waals surface area (Å²) in [4.78, 5) is 16.4. The van der Waals surface area contributed by atoms with Gasteiger partial charge in [0.2, 0.25) is 0 Å². The summed E-state index contributed by atoms with van der Waals surface area (Å²) in [6.07, 6.45) is 4.63. The van der Waals surface area contributed by atoms with Crippen molar-refractivity contribution in [3.63, 3.8) is 0 Å².